The lowest BCUT2D eigenvalue weighted by Gasteiger charge is -2.62. The van der Waals surface area contributed by atoms with Crippen molar-refractivity contribution in [2.24, 2.45) is 52.1 Å². The van der Waals surface area contributed by atoms with E-state index in [1.165, 1.54) is 45.1 Å². The molecular formula is C33H68N2O. The maximum atomic E-state index is 8.00. The molecule has 216 valence electrons. The van der Waals surface area contributed by atoms with E-state index >= 15 is 0 Å². The largest absolute Gasteiger partial charge is 0.328 e. The summed E-state index contributed by atoms with van der Waals surface area (Å²) < 4.78 is 0. The average molecular weight is 509 g/mol. The Labute approximate surface area is 227 Å². The van der Waals surface area contributed by atoms with Gasteiger partial charge in [0.05, 0.1) is 0 Å². The molecule has 0 aromatic rings. The predicted octanol–water partition coefficient (Wildman–Crippen LogP) is 8.89. The van der Waals surface area contributed by atoms with Crippen molar-refractivity contribution in [1.29, 1.82) is 0 Å². The molecule has 36 heavy (non-hydrogen) atoms. The molecule has 3 nitrogen and oxygen atoms in total. The molecule has 0 heterocycles. The molecule has 6 unspecified atom stereocenters. The maximum Gasteiger partial charge on any atom is 0.106 e. The lowest BCUT2D eigenvalue weighted by atomic mass is 9.42. The van der Waals surface area contributed by atoms with Crippen molar-refractivity contribution in [2.75, 3.05) is 13.6 Å². The van der Waals surface area contributed by atoms with Crippen molar-refractivity contribution in [2.45, 2.75) is 145 Å². The minimum Gasteiger partial charge on any atom is -0.328 e. The number of hydrogen-bond acceptors (Lipinski definition) is 3. The molecule has 4 aliphatic carbocycles. The van der Waals surface area contributed by atoms with Gasteiger partial charge in [-0.15, -0.1) is 0 Å². The van der Waals surface area contributed by atoms with Gasteiger partial charge in [-0.05, 0) is 124 Å². The fraction of sp³-hybridized carbons (Fsp3) is 0.970. The zero-order valence-corrected chi connectivity index (χ0v) is 26.4. The molecule has 0 radical (unpaired) electrons. The molecule has 3 N–H and O–H groups in total. The van der Waals surface area contributed by atoms with Crippen LogP contribution >= 0.6 is 0 Å². The van der Waals surface area contributed by atoms with Crippen LogP contribution in [0.1, 0.15) is 139 Å². The Bertz CT molecular complexity index is 549. The van der Waals surface area contributed by atoms with Gasteiger partial charge in [0.2, 0.25) is 0 Å². The van der Waals surface area contributed by atoms with E-state index in [2.05, 4.69) is 33.1 Å². The van der Waals surface area contributed by atoms with Gasteiger partial charge >= 0.3 is 0 Å². The minimum absolute atomic E-state index is 0.333. The zero-order chi connectivity index (χ0) is 27.9. The van der Waals surface area contributed by atoms with E-state index in [0.29, 0.717) is 16.9 Å². The van der Waals surface area contributed by atoms with Gasteiger partial charge in [0.25, 0.3) is 0 Å². The van der Waals surface area contributed by atoms with Crippen LogP contribution in [0.4, 0.5) is 0 Å². The lowest BCUT2D eigenvalue weighted by Crippen LogP contribution is -2.55. The Morgan fingerprint density at radius 2 is 1.47 bits per heavy atom. The summed E-state index contributed by atoms with van der Waals surface area (Å²) in [5.41, 5.74) is 6.47. The first-order valence-corrected chi connectivity index (χ1v) is 16.0. The van der Waals surface area contributed by atoms with Crippen LogP contribution in [0, 0.1) is 46.3 Å². The van der Waals surface area contributed by atoms with Gasteiger partial charge in [-0.25, -0.2) is 0 Å². The Balaban J connectivity index is 0.00000108. The first-order valence-electron chi connectivity index (χ1n) is 16.0. The van der Waals surface area contributed by atoms with Gasteiger partial charge in [-0.1, -0.05) is 81.6 Å². The molecule has 4 fully saturated rings. The van der Waals surface area contributed by atoms with Crippen LogP contribution in [0.25, 0.3) is 0 Å². The van der Waals surface area contributed by atoms with E-state index in [0.717, 1.165) is 35.5 Å². The van der Waals surface area contributed by atoms with Crippen LogP contribution < -0.4 is 11.1 Å². The molecule has 4 rings (SSSR count). The molecule has 3 heteroatoms. The Morgan fingerprint density at radius 3 is 2.03 bits per heavy atom. The molecular weight excluding hydrogens is 440 g/mol. The van der Waals surface area contributed by atoms with Crippen molar-refractivity contribution in [3.05, 3.63) is 0 Å². The second-order valence-corrected chi connectivity index (χ2v) is 12.4. The number of carbonyl (C=O) groups is 1. The van der Waals surface area contributed by atoms with Crippen molar-refractivity contribution in [3.8, 4) is 0 Å². The summed E-state index contributed by atoms with van der Waals surface area (Å²) in [4.78, 5) is 8.00. The van der Waals surface area contributed by atoms with E-state index in [9.17, 15) is 0 Å². The molecule has 0 amide bonds. The number of hydrogen-bond donors (Lipinski definition) is 2. The third-order valence-electron chi connectivity index (χ3n) is 10.5. The Hall–Kier alpha value is -0.410. The molecule has 0 saturated heterocycles. The minimum atomic E-state index is 0.333. The summed E-state index contributed by atoms with van der Waals surface area (Å²) in [7, 11) is 2.11. The number of rotatable bonds is 5. The van der Waals surface area contributed by atoms with E-state index < -0.39 is 0 Å². The standard InChI is InChI=1S/C25H45N.C3H9N.2C2H6.CH2O/c1-5-18-17-20-22-12-11-19(9-8-16-26-4)24(22,2)15-13-23(20)25(3)14-7-6-10-21(18)25;1-3(2)4;3*1-2/h18-23,26H,5-17H2,1-4H3;3H,4H2,1-2H3;2*1-2H3;1H2/t18-,19?,20?,21?,22?,23-,24?,25?;;;;/m0..../s1. The second kappa shape index (κ2) is 18.0. The Morgan fingerprint density at radius 1 is 0.889 bits per heavy atom. The van der Waals surface area contributed by atoms with Crippen molar-refractivity contribution >= 4 is 6.79 Å². The van der Waals surface area contributed by atoms with Gasteiger partial charge in [0.1, 0.15) is 6.79 Å². The average Bonchev–Trinajstić information content (AvgIpc) is 3.23. The van der Waals surface area contributed by atoms with E-state index in [1.807, 2.05) is 48.3 Å². The van der Waals surface area contributed by atoms with Crippen molar-refractivity contribution in [3.63, 3.8) is 0 Å². The fourth-order valence-corrected chi connectivity index (χ4v) is 9.13. The molecule has 0 aromatic carbocycles. The van der Waals surface area contributed by atoms with Crippen LogP contribution in [0.5, 0.6) is 0 Å². The zero-order valence-electron chi connectivity index (χ0n) is 26.4. The monoisotopic (exact) mass is 509 g/mol. The van der Waals surface area contributed by atoms with Crippen LogP contribution in [0.2, 0.25) is 0 Å². The molecule has 4 aliphatic rings. The van der Waals surface area contributed by atoms with E-state index in [4.69, 9.17) is 10.5 Å². The third-order valence-corrected chi connectivity index (χ3v) is 10.5. The molecule has 0 aromatic heterocycles. The highest BCUT2D eigenvalue weighted by Gasteiger charge is 2.60. The lowest BCUT2D eigenvalue weighted by molar-refractivity contribution is -0.135. The van der Waals surface area contributed by atoms with Crippen molar-refractivity contribution in [1.82, 2.24) is 5.32 Å². The van der Waals surface area contributed by atoms with Gasteiger partial charge in [0.15, 0.2) is 0 Å². The van der Waals surface area contributed by atoms with Crippen LogP contribution in [-0.4, -0.2) is 26.4 Å². The van der Waals surface area contributed by atoms with Gasteiger partial charge in [-0.3, -0.25) is 0 Å². The van der Waals surface area contributed by atoms with E-state index in [-0.39, 0.29) is 0 Å². The second-order valence-electron chi connectivity index (χ2n) is 12.4. The Kier molecular flexibility index (Phi) is 17.8. The highest BCUT2D eigenvalue weighted by Crippen LogP contribution is 2.69. The molecule has 8 atom stereocenters. The molecule has 0 spiro atoms. The van der Waals surface area contributed by atoms with Crippen molar-refractivity contribution < 1.29 is 4.79 Å². The predicted molar refractivity (Wildman–Crippen MR) is 161 cm³/mol. The maximum absolute atomic E-state index is 8.00. The summed E-state index contributed by atoms with van der Waals surface area (Å²) in [5.74, 6) is 6.28. The van der Waals surface area contributed by atoms with Gasteiger partial charge in [-0.2, -0.15) is 0 Å². The summed E-state index contributed by atoms with van der Waals surface area (Å²) in [6.07, 6.45) is 18.2. The van der Waals surface area contributed by atoms with E-state index in [1.54, 1.807) is 38.5 Å². The topological polar surface area (TPSA) is 55.1 Å². The summed E-state index contributed by atoms with van der Waals surface area (Å²) in [6, 6.07) is 0.333. The highest BCUT2D eigenvalue weighted by atomic mass is 16.1. The first kappa shape index (κ1) is 35.6. The fourth-order valence-electron chi connectivity index (χ4n) is 9.13. The van der Waals surface area contributed by atoms with Gasteiger partial charge in [0, 0.05) is 0 Å². The number of fused-ring (bicyclic) bond motifs is 5. The number of carbonyl (C=O) groups excluding carboxylic acids is 1. The SMILES string of the molecule is C=O.CC.CC.CC(C)N.CC[C@H]1CC2C3CCC(CCCNC)C3(C)CC[C@@H]2C2(C)CCCCC12. The highest BCUT2D eigenvalue weighted by molar-refractivity contribution is 5.11. The third kappa shape index (κ3) is 8.29. The summed E-state index contributed by atoms with van der Waals surface area (Å²) in [6.45, 7) is 23.1. The number of nitrogens with one attached hydrogen (secondary N) is 1. The number of nitrogens with two attached hydrogens (primary N) is 1. The van der Waals surface area contributed by atoms with Crippen LogP contribution in [0.15, 0.2) is 0 Å². The summed E-state index contributed by atoms with van der Waals surface area (Å²) in [5, 5.41) is 3.37. The normalized spacial score (nSPS) is 38.1. The molecule has 0 aliphatic heterocycles. The van der Waals surface area contributed by atoms with Crippen LogP contribution in [-0.2, 0) is 4.79 Å². The smallest absolute Gasteiger partial charge is 0.106 e. The first-order chi connectivity index (χ1) is 17.3. The van der Waals surface area contributed by atoms with Crippen LogP contribution in [0.3, 0.4) is 0 Å². The van der Waals surface area contributed by atoms with Gasteiger partial charge < -0.3 is 15.8 Å². The molecule has 4 saturated carbocycles. The quantitative estimate of drug-likeness (QED) is 0.364. The molecule has 0 bridgehead atoms. The summed E-state index contributed by atoms with van der Waals surface area (Å²) >= 11 is 0.